The highest BCUT2D eigenvalue weighted by molar-refractivity contribution is 7.17. The average molecular weight is 350 g/mol. The SMILES string of the molecule is Cc1nc(N[C@@H](CCn2cncn2)c2ccccc2)c2sccc2n1. The number of anilines is 1. The number of aromatic nitrogens is 5. The lowest BCUT2D eigenvalue weighted by molar-refractivity contribution is 0.537. The van der Waals surface area contributed by atoms with Crippen LogP contribution in [0.2, 0.25) is 0 Å². The first-order valence-corrected chi connectivity index (χ1v) is 9.03. The van der Waals surface area contributed by atoms with Gasteiger partial charge < -0.3 is 5.32 Å². The highest BCUT2D eigenvalue weighted by Gasteiger charge is 2.15. The van der Waals surface area contributed by atoms with Crippen molar-refractivity contribution < 1.29 is 0 Å². The van der Waals surface area contributed by atoms with Crippen LogP contribution >= 0.6 is 11.3 Å². The van der Waals surface area contributed by atoms with Crippen molar-refractivity contribution in [1.29, 1.82) is 0 Å². The molecule has 0 saturated carbocycles. The van der Waals surface area contributed by atoms with Crippen LogP contribution in [0.3, 0.4) is 0 Å². The van der Waals surface area contributed by atoms with Gasteiger partial charge in [0.05, 0.1) is 16.3 Å². The summed E-state index contributed by atoms with van der Waals surface area (Å²) in [5, 5.41) is 9.88. The molecule has 25 heavy (non-hydrogen) atoms. The minimum Gasteiger partial charge on any atom is -0.362 e. The molecule has 7 heteroatoms. The van der Waals surface area contributed by atoms with Crippen molar-refractivity contribution in [2.45, 2.75) is 25.9 Å². The van der Waals surface area contributed by atoms with Crippen molar-refractivity contribution in [2.24, 2.45) is 0 Å². The Bertz CT molecular complexity index is 948. The Balaban J connectivity index is 1.64. The van der Waals surface area contributed by atoms with Crippen LogP contribution < -0.4 is 5.32 Å². The van der Waals surface area contributed by atoms with Gasteiger partial charge in [-0.3, -0.25) is 4.68 Å². The van der Waals surface area contributed by atoms with Crippen LogP contribution in [0.25, 0.3) is 10.2 Å². The van der Waals surface area contributed by atoms with E-state index in [4.69, 9.17) is 0 Å². The molecule has 1 aromatic carbocycles. The van der Waals surface area contributed by atoms with Crippen LogP contribution in [-0.4, -0.2) is 24.7 Å². The Morgan fingerprint density at radius 3 is 2.84 bits per heavy atom. The Morgan fingerprint density at radius 2 is 2.04 bits per heavy atom. The lowest BCUT2D eigenvalue weighted by Crippen LogP contribution is -2.15. The van der Waals surface area contributed by atoms with Gasteiger partial charge in [0.1, 0.15) is 24.3 Å². The molecule has 0 fully saturated rings. The fourth-order valence-corrected chi connectivity index (χ4v) is 3.64. The first kappa shape index (κ1) is 15.7. The third-order valence-corrected chi connectivity index (χ3v) is 4.95. The van der Waals surface area contributed by atoms with E-state index in [0.717, 1.165) is 34.8 Å². The first-order chi connectivity index (χ1) is 12.3. The molecule has 3 heterocycles. The molecule has 1 atom stereocenters. The van der Waals surface area contributed by atoms with Gasteiger partial charge in [0.15, 0.2) is 0 Å². The maximum Gasteiger partial charge on any atom is 0.148 e. The zero-order valence-corrected chi connectivity index (χ0v) is 14.6. The molecular formula is C18H18N6S. The molecule has 0 bridgehead atoms. The smallest absolute Gasteiger partial charge is 0.148 e. The molecule has 4 aromatic rings. The van der Waals surface area contributed by atoms with Crippen LogP contribution in [0.4, 0.5) is 5.82 Å². The van der Waals surface area contributed by atoms with Gasteiger partial charge in [-0.2, -0.15) is 5.10 Å². The number of nitrogens with zero attached hydrogens (tertiary/aromatic N) is 5. The number of hydrogen-bond donors (Lipinski definition) is 1. The summed E-state index contributed by atoms with van der Waals surface area (Å²) < 4.78 is 2.94. The van der Waals surface area contributed by atoms with Gasteiger partial charge in [0, 0.05) is 6.54 Å². The van der Waals surface area contributed by atoms with E-state index in [0.29, 0.717) is 0 Å². The molecule has 6 nitrogen and oxygen atoms in total. The second-order valence-corrected chi connectivity index (χ2v) is 6.73. The van der Waals surface area contributed by atoms with Crippen LogP contribution in [0, 0.1) is 6.92 Å². The second-order valence-electron chi connectivity index (χ2n) is 5.81. The maximum atomic E-state index is 4.64. The molecule has 0 radical (unpaired) electrons. The molecule has 0 aliphatic carbocycles. The third kappa shape index (κ3) is 3.51. The predicted molar refractivity (Wildman–Crippen MR) is 99.6 cm³/mol. The Labute approximate surface area is 149 Å². The number of rotatable bonds is 6. The molecule has 3 aromatic heterocycles. The van der Waals surface area contributed by atoms with Gasteiger partial charge in [-0.1, -0.05) is 30.3 Å². The quantitative estimate of drug-likeness (QED) is 0.572. The van der Waals surface area contributed by atoms with Crippen molar-refractivity contribution in [3.8, 4) is 0 Å². The van der Waals surface area contributed by atoms with Gasteiger partial charge in [-0.25, -0.2) is 15.0 Å². The van der Waals surface area contributed by atoms with E-state index in [1.54, 1.807) is 24.0 Å². The van der Waals surface area contributed by atoms with Gasteiger partial charge in [0.25, 0.3) is 0 Å². The fourth-order valence-electron chi connectivity index (χ4n) is 2.86. The standard InChI is InChI=1S/C18H18N6S/c1-13-21-16-8-10-25-17(16)18(22-13)23-15(14-5-3-2-4-6-14)7-9-24-12-19-11-20-24/h2-6,8,10-12,15H,7,9H2,1H3,(H,21,22,23)/t15-/m0/s1. The van der Waals surface area contributed by atoms with E-state index in [-0.39, 0.29) is 6.04 Å². The highest BCUT2D eigenvalue weighted by Crippen LogP contribution is 2.30. The minimum atomic E-state index is 0.130. The number of hydrogen-bond acceptors (Lipinski definition) is 6. The summed E-state index contributed by atoms with van der Waals surface area (Å²) in [7, 11) is 0. The number of aryl methyl sites for hydroxylation is 2. The zero-order chi connectivity index (χ0) is 17.1. The molecule has 1 N–H and O–H groups in total. The van der Waals surface area contributed by atoms with Crippen molar-refractivity contribution in [3.63, 3.8) is 0 Å². The van der Waals surface area contributed by atoms with Crippen molar-refractivity contribution >= 4 is 27.4 Å². The average Bonchev–Trinajstić information content (AvgIpc) is 3.30. The maximum absolute atomic E-state index is 4.64. The van der Waals surface area contributed by atoms with Gasteiger partial charge >= 0.3 is 0 Å². The van der Waals surface area contributed by atoms with Gasteiger partial charge in [-0.05, 0) is 30.4 Å². The molecule has 126 valence electrons. The van der Waals surface area contributed by atoms with Crippen LogP contribution in [0.15, 0.2) is 54.4 Å². The van der Waals surface area contributed by atoms with Crippen LogP contribution in [0.1, 0.15) is 23.9 Å². The van der Waals surface area contributed by atoms with Crippen LogP contribution in [-0.2, 0) is 6.54 Å². The Morgan fingerprint density at radius 1 is 1.16 bits per heavy atom. The number of thiophene rings is 1. The number of fused-ring (bicyclic) bond motifs is 1. The molecular weight excluding hydrogens is 332 g/mol. The topological polar surface area (TPSA) is 68.5 Å². The first-order valence-electron chi connectivity index (χ1n) is 8.15. The Hall–Kier alpha value is -2.80. The predicted octanol–water partition coefficient (Wildman–Crippen LogP) is 3.83. The molecule has 0 unspecified atom stereocenters. The summed E-state index contributed by atoms with van der Waals surface area (Å²) in [6, 6.07) is 12.6. The van der Waals surface area contributed by atoms with Crippen LogP contribution in [0.5, 0.6) is 0 Å². The monoisotopic (exact) mass is 350 g/mol. The van der Waals surface area contributed by atoms with E-state index in [1.165, 1.54) is 5.56 Å². The largest absolute Gasteiger partial charge is 0.362 e. The molecule has 0 aliphatic heterocycles. The van der Waals surface area contributed by atoms with Crippen molar-refractivity contribution in [3.05, 3.63) is 65.8 Å². The van der Waals surface area contributed by atoms with Crippen molar-refractivity contribution in [2.75, 3.05) is 5.32 Å². The van der Waals surface area contributed by atoms with E-state index in [2.05, 4.69) is 55.0 Å². The fraction of sp³-hybridized carbons (Fsp3) is 0.222. The van der Waals surface area contributed by atoms with Gasteiger partial charge in [-0.15, -0.1) is 11.3 Å². The molecule has 0 amide bonds. The summed E-state index contributed by atoms with van der Waals surface area (Å²) in [6.45, 7) is 2.71. The van der Waals surface area contributed by atoms with Crippen molar-refractivity contribution in [1.82, 2.24) is 24.7 Å². The molecule has 0 saturated heterocycles. The second kappa shape index (κ2) is 6.98. The zero-order valence-electron chi connectivity index (χ0n) is 13.8. The number of nitrogens with one attached hydrogen (secondary N) is 1. The van der Waals surface area contributed by atoms with E-state index < -0.39 is 0 Å². The van der Waals surface area contributed by atoms with E-state index in [1.807, 2.05) is 23.7 Å². The molecule has 4 rings (SSSR count). The number of benzene rings is 1. The normalized spacial score (nSPS) is 12.4. The van der Waals surface area contributed by atoms with E-state index in [9.17, 15) is 0 Å². The summed E-state index contributed by atoms with van der Waals surface area (Å²) >= 11 is 1.66. The molecule has 0 spiro atoms. The summed E-state index contributed by atoms with van der Waals surface area (Å²) in [6.07, 6.45) is 4.19. The lowest BCUT2D eigenvalue weighted by atomic mass is 10.0. The van der Waals surface area contributed by atoms with Gasteiger partial charge in [0.2, 0.25) is 0 Å². The highest BCUT2D eigenvalue weighted by atomic mass is 32.1. The summed E-state index contributed by atoms with van der Waals surface area (Å²) in [5.74, 6) is 1.67. The third-order valence-electron chi connectivity index (χ3n) is 4.04. The summed E-state index contributed by atoms with van der Waals surface area (Å²) in [4.78, 5) is 13.2. The summed E-state index contributed by atoms with van der Waals surface area (Å²) in [5.41, 5.74) is 2.21. The Kier molecular flexibility index (Phi) is 4.39. The minimum absolute atomic E-state index is 0.130. The molecule has 0 aliphatic rings. The van der Waals surface area contributed by atoms with E-state index >= 15 is 0 Å². The lowest BCUT2D eigenvalue weighted by Gasteiger charge is -2.20.